The highest BCUT2D eigenvalue weighted by atomic mass is 32.1. The summed E-state index contributed by atoms with van der Waals surface area (Å²) in [5.74, 6) is -0.909. The monoisotopic (exact) mass is 274 g/mol. The van der Waals surface area contributed by atoms with Gasteiger partial charge in [0.1, 0.15) is 0 Å². The van der Waals surface area contributed by atoms with Crippen molar-refractivity contribution in [2.24, 2.45) is 0 Å². The van der Waals surface area contributed by atoms with Gasteiger partial charge in [0.05, 0.1) is 39.2 Å². The second-order valence-electron chi connectivity index (χ2n) is 4.11. The van der Waals surface area contributed by atoms with Crippen molar-refractivity contribution >= 4 is 27.5 Å². The van der Waals surface area contributed by atoms with Gasteiger partial charge in [0.25, 0.3) is 0 Å². The number of carbonyl (C=O) groups is 1. The van der Waals surface area contributed by atoms with Crippen molar-refractivity contribution in [2.45, 2.75) is 13.3 Å². The molecule has 0 atom stereocenters. The molecule has 0 spiro atoms. The summed E-state index contributed by atoms with van der Waals surface area (Å²) in [7, 11) is 0. The zero-order valence-electron chi connectivity index (χ0n) is 10.1. The van der Waals surface area contributed by atoms with Crippen LogP contribution in [0.2, 0.25) is 0 Å². The van der Waals surface area contributed by atoms with Gasteiger partial charge in [-0.25, -0.2) is 9.67 Å². The van der Waals surface area contributed by atoms with Gasteiger partial charge in [0, 0.05) is 0 Å². The van der Waals surface area contributed by atoms with Crippen molar-refractivity contribution in [3.63, 3.8) is 0 Å². The van der Waals surface area contributed by atoms with E-state index in [1.807, 2.05) is 25.1 Å². The van der Waals surface area contributed by atoms with Crippen LogP contribution < -0.4 is 0 Å². The summed E-state index contributed by atoms with van der Waals surface area (Å²) in [5.41, 5.74) is 4.82. The summed E-state index contributed by atoms with van der Waals surface area (Å²) >= 11 is 1.55. The van der Waals surface area contributed by atoms with Gasteiger partial charge in [-0.2, -0.15) is 0 Å². The molecule has 1 aromatic carbocycles. The average Bonchev–Trinajstić information content (AvgIpc) is 2.96. The molecule has 0 radical (unpaired) electrons. The first kappa shape index (κ1) is 11.8. The lowest BCUT2D eigenvalue weighted by Crippen LogP contribution is -2.03. The van der Waals surface area contributed by atoms with Gasteiger partial charge in [-0.15, -0.1) is 16.4 Å². The molecule has 6 nitrogen and oxygen atoms in total. The number of hydrogen-bond acceptors (Lipinski definition) is 5. The van der Waals surface area contributed by atoms with Crippen LogP contribution in [0.15, 0.2) is 23.7 Å². The van der Waals surface area contributed by atoms with Crippen molar-refractivity contribution in [3.05, 3.63) is 35.1 Å². The molecule has 2 heterocycles. The summed E-state index contributed by atoms with van der Waals surface area (Å²) in [6.45, 7) is 1.81. The van der Waals surface area contributed by atoms with Crippen molar-refractivity contribution in [1.82, 2.24) is 20.0 Å². The average molecular weight is 274 g/mol. The molecule has 0 fully saturated rings. The van der Waals surface area contributed by atoms with E-state index in [1.165, 1.54) is 0 Å². The number of hydrogen-bond donors (Lipinski definition) is 1. The predicted octanol–water partition coefficient (Wildman–Crippen LogP) is 1.81. The van der Waals surface area contributed by atoms with Crippen molar-refractivity contribution in [1.29, 1.82) is 0 Å². The molecule has 0 amide bonds. The van der Waals surface area contributed by atoms with Crippen LogP contribution in [-0.4, -0.2) is 31.1 Å². The van der Waals surface area contributed by atoms with Crippen LogP contribution in [0.25, 0.3) is 15.9 Å². The second kappa shape index (κ2) is 4.43. The van der Waals surface area contributed by atoms with Gasteiger partial charge in [0.15, 0.2) is 0 Å². The third-order valence-corrected chi connectivity index (χ3v) is 3.66. The molecule has 19 heavy (non-hydrogen) atoms. The van der Waals surface area contributed by atoms with Gasteiger partial charge in [-0.1, -0.05) is 5.21 Å². The highest BCUT2D eigenvalue weighted by Crippen LogP contribution is 2.22. The third-order valence-electron chi connectivity index (χ3n) is 2.87. The van der Waals surface area contributed by atoms with E-state index >= 15 is 0 Å². The van der Waals surface area contributed by atoms with Crippen LogP contribution in [0.3, 0.4) is 0 Å². The Bertz CT molecular complexity index is 762. The second-order valence-corrected chi connectivity index (χ2v) is 4.99. The fraction of sp³-hybridized carbons (Fsp3) is 0.167. The first-order chi connectivity index (χ1) is 9.15. The zero-order chi connectivity index (χ0) is 13.4. The van der Waals surface area contributed by atoms with Gasteiger partial charge in [-0.05, 0) is 25.1 Å². The number of carboxylic acids is 1. The SMILES string of the molecule is Cc1c(CC(=O)O)nnn1-c1ccc2ncsc2c1. The van der Waals surface area contributed by atoms with Gasteiger partial charge in [0.2, 0.25) is 0 Å². The summed E-state index contributed by atoms with van der Waals surface area (Å²) in [6, 6.07) is 5.78. The quantitative estimate of drug-likeness (QED) is 0.787. The Kier molecular flexibility index (Phi) is 2.75. The van der Waals surface area contributed by atoms with E-state index < -0.39 is 5.97 Å². The molecule has 3 aromatic rings. The largest absolute Gasteiger partial charge is 0.481 e. The molecule has 0 bridgehead atoms. The minimum Gasteiger partial charge on any atom is -0.481 e. The van der Waals surface area contributed by atoms with Crippen LogP contribution in [-0.2, 0) is 11.2 Å². The minimum absolute atomic E-state index is 0.116. The van der Waals surface area contributed by atoms with Crippen LogP contribution >= 0.6 is 11.3 Å². The lowest BCUT2D eigenvalue weighted by atomic mass is 10.2. The number of nitrogens with zero attached hydrogens (tertiary/aromatic N) is 4. The summed E-state index contributed by atoms with van der Waals surface area (Å²) in [4.78, 5) is 14.9. The fourth-order valence-electron chi connectivity index (χ4n) is 1.89. The Hall–Kier alpha value is -2.28. The molecule has 0 aliphatic rings. The Balaban J connectivity index is 2.05. The highest BCUT2D eigenvalue weighted by Gasteiger charge is 2.13. The van der Waals surface area contributed by atoms with Gasteiger partial charge in [-0.3, -0.25) is 4.79 Å². The van der Waals surface area contributed by atoms with E-state index in [0.29, 0.717) is 5.69 Å². The van der Waals surface area contributed by atoms with Crippen LogP contribution in [0.1, 0.15) is 11.4 Å². The Labute approximate surface area is 112 Å². The molecule has 0 saturated carbocycles. The molecule has 96 valence electrons. The molecular weight excluding hydrogens is 264 g/mol. The lowest BCUT2D eigenvalue weighted by molar-refractivity contribution is -0.136. The highest BCUT2D eigenvalue weighted by molar-refractivity contribution is 7.16. The standard InChI is InChI=1S/C12H10N4O2S/c1-7-10(5-12(17)18)14-15-16(7)8-2-3-9-11(4-8)19-6-13-9/h2-4,6H,5H2,1H3,(H,17,18). The van der Waals surface area contributed by atoms with E-state index in [1.54, 1.807) is 21.5 Å². The molecule has 0 saturated heterocycles. The van der Waals surface area contributed by atoms with E-state index in [0.717, 1.165) is 21.6 Å². The maximum absolute atomic E-state index is 10.7. The van der Waals surface area contributed by atoms with Crippen LogP contribution in [0.4, 0.5) is 0 Å². The minimum atomic E-state index is -0.909. The van der Waals surface area contributed by atoms with Crippen LogP contribution in [0.5, 0.6) is 0 Å². The normalized spacial score (nSPS) is 11.0. The number of thiazole rings is 1. The fourth-order valence-corrected chi connectivity index (χ4v) is 2.60. The Morgan fingerprint density at radius 1 is 1.47 bits per heavy atom. The third kappa shape index (κ3) is 2.08. The predicted molar refractivity (Wildman–Crippen MR) is 70.6 cm³/mol. The molecule has 7 heteroatoms. The number of aromatic nitrogens is 4. The maximum atomic E-state index is 10.7. The number of fused-ring (bicyclic) bond motifs is 1. The molecule has 3 rings (SSSR count). The smallest absolute Gasteiger partial charge is 0.309 e. The summed E-state index contributed by atoms with van der Waals surface area (Å²) in [5, 5.41) is 16.7. The van der Waals surface area contributed by atoms with E-state index in [9.17, 15) is 4.79 Å². The topological polar surface area (TPSA) is 80.9 Å². The Morgan fingerprint density at radius 2 is 2.32 bits per heavy atom. The van der Waals surface area contributed by atoms with E-state index in [2.05, 4.69) is 15.3 Å². The van der Waals surface area contributed by atoms with Crippen molar-refractivity contribution in [3.8, 4) is 5.69 Å². The van der Waals surface area contributed by atoms with Gasteiger partial charge >= 0.3 is 5.97 Å². The molecule has 0 aliphatic carbocycles. The first-order valence-corrected chi connectivity index (χ1v) is 6.49. The molecule has 0 aliphatic heterocycles. The van der Waals surface area contributed by atoms with E-state index in [4.69, 9.17) is 5.11 Å². The Morgan fingerprint density at radius 3 is 3.11 bits per heavy atom. The van der Waals surface area contributed by atoms with Crippen molar-refractivity contribution in [2.75, 3.05) is 0 Å². The summed E-state index contributed by atoms with van der Waals surface area (Å²) in [6.07, 6.45) is -0.116. The van der Waals surface area contributed by atoms with Gasteiger partial charge < -0.3 is 5.11 Å². The number of rotatable bonds is 3. The molecule has 1 N–H and O–H groups in total. The maximum Gasteiger partial charge on any atom is 0.309 e. The molecule has 0 unspecified atom stereocenters. The van der Waals surface area contributed by atoms with E-state index in [-0.39, 0.29) is 6.42 Å². The molecular formula is C12H10N4O2S. The number of benzene rings is 1. The van der Waals surface area contributed by atoms with Crippen LogP contribution in [0, 0.1) is 6.92 Å². The number of carboxylic acid groups (broad SMARTS) is 1. The van der Waals surface area contributed by atoms with Crippen molar-refractivity contribution < 1.29 is 9.90 Å². The lowest BCUT2D eigenvalue weighted by Gasteiger charge is -2.03. The zero-order valence-corrected chi connectivity index (χ0v) is 10.9. The summed E-state index contributed by atoms with van der Waals surface area (Å²) < 4.78 is 2.71. The molecule has 2 aromatic heterocycles. The first-order valence-electron chi connectivity index (χ1n) is 5.62. The number of aliphatic carboxylic acids is 1.